The van der Waals surface area contributed by atoms with Crippen LogP contribution in [0.1, 0.15) is 11.1 Å². The lowest BCUT2D eigenvalue weighted by molar-refractivity contribution is -0.459. The molecule has 0 unspecified atom stereocenters. The maximum absolute atomic E-state index is 12.2. The van der Waals surface area contributed by atoms with Crippen LogP contribution in [-0.2, 0) is 37.2 Å². The monoisotopic (exact) mass is 538 g/mol. The minimum atomic E-state index is -0.831. The van der Waals surface area contributed by atoms with Gasteiger partial charge < -0.3 is 9.47 Å². The van der Waals surface area contributed by atoms with Crippen LogP contribution in [0.25, 0.3) is 0 Å². The number of hydrogen-bond acceptors (Lipinski definition) is 7. The van der Waals surface area contributed by atoms with E-state index < -0.39 is 11.9 Å². The fourth-order valence-corrected chi connectivity index (χ4v) is 3.70. The molecule has 0 N–H and O–H groups in total. The Labute approximate surface area is 222 Å². The first-order valence-corrected chi connectivity index (χ1v) is 11.8. The van der Waals surface area contributed by atoms with E-state index in [4.69, 9.17) is 32.7 Å². The molecule has 0 saturated carbocycles. The zero-order valence-corrected chi connectivity index (χ0v) is 20.8. The Kier molecular flexibility index (Phi) is 8.99. The molecular formula is C28H20Cl2O7. The third-order valence-corrected chi connectivity index (χ3v) is 5.81. The van der Waals surface area contributed by atoms with Crippen LogP contribution in [0.3, 0.4) is 0 Å². The van der Waals surface area contributed by atoms with Crippen molar-refractivity contribution in [3.8, 4) is 23.0 Å². The second-order valence-corrected chi connectivity index (χ2v) is 8.38. The minimum Gasteiger partial charge on any atom is -0.456 e. The third-order valence-electron chi connectivity index (χ3n) is 4.95. The second kappa shape index (κ2) is 12.8. The van der Waals surface area contributed by atoms with Crippen LogP contribution in [0.4, 0.5) is 0 Å². The summed E-state index contributed by atoms with van der Waals surface area (Å²) in [5, 5.41) is 4.87. The van der Waals surface area contributed by atoms with Gasteiger partial charge in [0.15, 0.2) is 0 Å². The number of halogens is 2. The number of ether oxygens (including phenoxy) is 2. The lowest BCUT2D eigenvalue weighted by Gasteiger charge is -2.11. The normalized spacial score (nSPS) is 10.4. The Morgan fingerprint density at radius 2 is 0.946 bits per heavy atom. The van der Waals surface area contributed by atoms with E-state index in [-0.39, 0.29) is 22.9 Å². The van der Waals surface area contributed by atoms with Crippen molar-refractivity contribution in [2.75, 3.05) is 0 Å². The highest BCUT2D eigenvalue weighted by atomic mass is 35.5. The van der Waals surface area contributed by atoms with E-state index in [0.29, 0.717) is 34.1 Å². The van der Waals surface area contributed by atoms with Gasteiger partial charge in [0.1, 0.15) is 23.0 Å². The molecule has 0 heterocycles. The van der Waals surface area contributed by atoms with Crippen LogP contribution in [-0.4, -0.2) is 11.9 Å². The van der Waals surface area contributed by atoms with Crippen molar-refractivity contribution in [3.05, 3.63) is 118 Å². The van der Waals surface area contributed by atoms with Crippen molar-refractivity contribution in [2.45, 2.75) is 12.8 Å². The van der Waals surface area contributed by atoms with Gasteiger partial charge in [0.05, 0.1) is 22.9 Å². The van der Waals surface area contributed by atoms with Gasteiger partial charge in [-0.15, -0.1) is 0 Å². The Morgan fingerprint density at radius 3 is 1.35 bits per heavy atom. The maximum Gasteiger partial charge on any atom is 0.351 e. The van der Waals surface area contributed by atoms with Gasteiger partial charge >= 0.3 is 11.9 Å². The Balaban J connectivity index is 1.27. The predicted octanol–water partition coefficient (Wildman–Crippen LogP) is 7.30. The standard InChI is InChI=1S/C28H20Cl2O7/c29-27-19(9-7-15-23(27)33-21-11-3-1-4-12-21)17-25(31)35-37-36-26(32)18-20-10-8-16-24(28(20)30)34-22-13-5-2-6-14-22/h1-16H,17-18H2. The maximum atomic E-state index is 12.2. The SMILES string of the molecule is O=C(Cc1cccc(Oc2ccccc2)c1Cl)OOOC(=O)Cc1cccc(Oc2ccccc2)c1Cl. The van der Waals surface area contributed by atoms with Gasteiger partial charge in [-0.1, -0.05) is 83.9 Å². The Bertz CT molecular complexity index is 1260. The molecule has 4 rings (SSSR count). The molecule has 0 spiro atoms. The van der Waals surface area contributed by atoms with E-state index in [1.807, 2.05) is 36.4 Å². The number of carbonyl (C=O) groups excluding carboxylic acids is 2. The topological polar surface area (TPSA) is 80.3 Å². The number of carbonyl (C=O) groups is 2. The molecule has 0 radical (unpaired) electrons. The molecule has 7 nitrogen and oxygen atoms in total. The minimum absolute atomic E-state index is 0.243. The highest BCUT2D eigenvalue weighted by Gasteiger charge is 2.17. The van der Waals surface area contributed by atoms with Gasteiger partial charge in [-0.3, -0.25) is 9.78 Å². The molecule has 0 aliphatic rings. The van der Waals surface area contributed by atoms with Crippen molar-refractivity contribution < 1.29 is 33.9 Å². The van der Waals surface area contributed by atoms with E-state index in [1.165, 1.54) is 0 Å². The van der Waals surface area contributed by atoms with Gasteiger partial charge in [0, 0.05) is 5.04 Å². The van der Waals surface area contributed by atoms with Crippen LogP contribution in [0.5, 0.6) is 23.0 Å². The summed E-state index contributed by atoms with van der Waals surface area (Å²) < 4.78 is 11.5. The molecule has 0 fully saturated rings. The third kappa shape index (κ3) is 7.47. The summed E-state index contributed by atoms with van der Waals surface area (Å²) >= 11 is 12.7. The van der Waals surface area contributed by atoms with Gasteiger partial charge in [0.25, 0.3) is 0 Å². The smallest absolute Gasteiger partial charge is 0.351 e. The summed E-state index contributed by atoms with van der Waals surface area (Å²) in [4.78, 5) is 33.5. The first-order valence-electron chi connectivity index (χ1n) is 11.1. The van der Waals surface area contributed by atoms with E-state index in [9.17, 15) is 9.59 Å². The zero-order chi connectivity index (χ0) is 26.0. The summed E-state index contributed by atoms with van der Waals surface area (Å²) in [6.45, 7) is 0. The molecule has 0 aromatic heterocycles. The predicted molar refractivity (Wildman–Crippen MR) is 137 cm³/mol. The fourth-order valence-electron chi connectivity index (χ4n) is 3.24. The molecule has 0 aliphatic carbocycles. The number of hydrogen-bond donors (Lipinski definition) is 0. The quantitative estimate of drug-likeness (QED) is 0.155. The van der Waals surface area contributed by atoms with Crippen molar-refractivity contribution in [1.82, 2.24) is 0 Å². The van der Waals surface area contributed by atoms with E-state index >= 15 is 0 Å². The fraction of sp³-hybridized carbons (Fsp3) is 0.0714. The van der Waals surface area contributed by atoms with Gasteiger partial charge in [-0.05, 0) is 47.5 Å². The number of rotatable bonds is 10. The summed E-state index contributed by atoms with van der Waals surface area (Å²) in [5.41, 5.74) is 0.883. The van der Waals surface area contributed by atoms with Crippen molar-refractivity contribution in [2.24, 2.45) is 0 Å². The Morgan fingerprint density at radius 1 is 0.541 bits per heavy atom. The van der Waals surface area contributed by atoms with E-state index in [2.05, 4.69) is 14.8 Å². The van der Waals surface area contributed by atoms with Gasteiger partial charge in [-0.25, -0.2) is 9.59 Å². The molecule has 4 aromatic carbocycles. The molecule has 9 heteroatoms. The molecule has 0 aliphatic heterocycles. The largest absolute Gasteiger partial charge is 0.456 e. The van der Waals surface area contributed by atoms with Crippen LogP contribution in [0.15, 0.2) is 97.1 Å². The zero-order valence-electron chi connectivity index (χ0n) is 19.3. The van der Waals surface area contributed by atoms with E-state index in [0.717, 1.165) is 0 Å². The summed E-state index contributed by atoms with van der Waals surface area (Å²) in [6, 6.07) is 28.1. The average molecular weight is 539 g/mol. The van der Waals surface area contributed by atoms with Crippen LogP contribution < -0.4 is 9.47 Å². The van der Waals surface area contributed by atoms with Crippen molar-refractivity contribution in [1.29, 1.82) is 0 Å². The number of para-hydroxylation sites is 2. The van der Waals surface area contributed by atoms with Gasteiger partial charge in [0.2, 0.25) is 0 Å². The average Bonchev–Trinajstić information content (AvgIpc) is 2.90. The number of benzene rings is 4. The van der Waals surface area contributed by atoms with Crippen molar-refractivity contribution in [3.63, 3.8) is 0 Å². The van der Waals surface area contributed by atoms with Crippen molar-refractivity contribution >= 4 is 35.1 Å². The summed E-state index contributed by atoms with van der Waals surface area (Å²) in [7, 11) is 0. The molecule has 37 heavy (non-hydrogen) atoms. The summed E-state index contributed by atoms with van der Waals surface area (Å²) in [5.74, 6) is 0.278. The Hall–Kier alpha value is -4.04. The lowest BCUT2D eigenvalue weighted by Crippen LogP contribution is -2.14. The molecular weight excluding hydrogens is 519 g/mol. The highest BCUT2D eigenvalue weighted by molar-refractivity contribution is 6.33. The molecule has 0 amide bonds. The first-order chi connectivity index (χ1) is 18.0. The lowest BCUT2D eigenvalue weighted by atomic mass is 10.1. The van der Waals surface area contributed by atoms with E-state index in [1.54, 1.807) is 60.7 Å². The summed E-state index contributed by atoms with van der Waals surface area (Å²) in [6.07, 6.45) is -0.486. The van der Waals surface area contributed by atoms with Gasteiger partial charge in [-0.2, -0.15) is 0 Å². The molecule has 4 aromatic rings. The van der Waals surface area contributed by atoms with Crippen LogP contribution in [0.2, 0.25) is 10.0 Å². The van der Waals surface area contributed by atoms with Crippen LogP contribution >= 0.6 is 23.2 Å². The molecule has 0 saturated heterocycles. The highest BCUT2D eigenvalue weighted by Crippen LogP contribution is 2.33. The van der Waals surface area contributed by atoms with Crippen LogP contribution in [0, 0.1) is 0 Å². The molecule has 0 atom stereocenters. The molecule has 188 valence electrons. The second-order valence-electron chi connectivity index (χ2n) is 7.62. The molecule has 0 bridgehead atoms. The first kappa shape index (κ1) is 26.0.